The maximum Gasteiger partial charge on any atom is 0.0696 e. The second-order valence-corrected chi connectivity index (χ2v) is 8.93. The van der Waals surface area contributed by atoms with Crippen molar-refractivity contribution < 1.29 is 0 Å². The molecule has 2 aliphatic carbocycles. The van der Waals surface area contributed by atoms with Crippen molar-refractivity contribution in [2.45, 2.75) is 96.1 Å². The summed E-state index contributed by atoms with van der Waals surface area (Å²) >= 11 is 0. The smallest absolute Gasteiger partial charge is 0.0696 e. The summed E-state index contributed by atoms with van der Waals surface area (Å²) in [6, 6.07) is 12.0. The first-order valence-electron chi connectivity index (χ1n) is 11.7. The number of aliphatic imine (C=N–C) groups is 1. The van der Waals surface area contributed by atoms with Gasteiger partial charge in [-0.05, 0) is 56.6 Å². The number of hydrogen-bond acceptors (Lipinski definition) is 3. The Hall–Kier alpha value is -1.61. The van der Waals surface area contributed by atoms with Crippen molar-refractivity contribution in [2.24, 2.45) is 4.99 Å². The van der Waals surface area contributed by atoms with Crippen LogP contribution in [0.15, 0.2) is 46.6 Å². The van der Waals surface area contributed by atoms with E-state index >= 15 is 0 Å². The normalized spacial score (nSPS) is 24.6. The molecule has 0 aromatic heterocycles. The molecule has 3 nitrogen and oxygen atoms in total. The fourth-order valence-electron chi connectivity index (χ4n) is 5.17. The summed E-state index contributed by atoms with van der Waals surface area (Å²) in [6.07, 6.45) is 15.8. The molecule has 1 aromatic rings. The maximum absolute atomic E-state index is 5.34. The van der Waals surface area contributed by atoms with Crippen LogP contribution >= 0.6 is 0 Å². The molecule has 0 amide bonds. The van der Waals surface area contributed by atoms with Crippen LogP contribution in [0.1, 0.15) is 89.5 Å². The van der Waals surface area contributed by atoms with Crippen molar-refractivity contribution in [2.75, 3.05) is 6.54 Å². The molecule has 1 aromatic carbocycles. The van der Waals surface area contributed by atoms with Gasteiger partial charge in [0.1, 0.15) is 0 Å². The maximum atomic E-state index is 5.34. The van der Waals surface area contributed by atoms with E-state index in [1.54, 1.807) is 0 Å². The Morgan fingerprint density at radius 1 is 0.893 bits per heavy atom. The van der Waals surface area contributed by atoms with E-state index in [9.17, 15) is 0 Å². The highest BCUT2D eigenvalue weighted by Gasteiger charge is 2.25. The highest BCUT2D eigenvalue weighted by molar-refractivity contribution is 6.12. The van der Waals surface area contributed by atoms with Crippen LogP contribution in [0.2, 0.25) is 0 Å². The van der Waals surface area contributed by atoms with Crippen molar-refractivity contribution in [1.82, 2.24) is 10.4 Å². The van der Waals surface area contributed by atoms with Gasteiger partial charge < -0.3 is 5.01 Å². The van der Waals surface area contributed by atoms with Gasteiger partial charge >= 0.3 is 0 Å². The third-order valence-electron chi connectivity index (χ3n) is 6.79. The van der Waals surface area contributed by atoms with Crippen molar-refractivity contribution in [3.8, 4) is 0 Å². The summed E-state index contributed by atoms with van der Waals surface area (Å²) in [7, 11) is 0. The van der Waals surface area contributed by atoms with Crippen molar-refractivity contribution >= 4 is 5.71 Å². The molecule has 152 valence electrons. The Balaban J connectivity index is 1.60. The Bertz CT molecular complexity index is 679. The Labute approximate surface area is 171 Å². The molecule has 0 radical (unpaired) electrons. The summed E-state index contributed by atoms with van der Waals surface area (Å²) in [5.41, 5.74) is 9.26. The van der Waals surface area contributed by atoms with Gasteiger partial charge in [0.15, 0.2) is 0 Å². The molecule has 0 spiro atoms. The topological polar surface area (TPSA) is 27.6 Å². The molecular weight excluding hydrogens is 342 g/mol. The average molecular weight is 380 g/mol. The van der Waals surface area contributed by atoms with Crippen LogP contribution in [-0.2, 0) is 0 Å². The lowest BCUT2D eigenvalue weighted by Gasteiger charge is -2.31. The molecule has 0 atom stereocenters. The summed E-state index contributed by atoms with van der Waals surface area (Å²) in [5, 5.41) is 2.48. The van der Waals surface area contributed by atoms with E-state index in [2.05, 4.69) is 47.7 Å². The van der Waals surface area contributed by atoms with E-state index in [0.717, 1.165) is 6.54 Å². The molecule has 28 heavy (non-hydrogen) atoms. The lowest BCUT2D eigenvalue weighted by Crippen LogP contribution is -2.43. The number of hydrazine groups is 1. The number of nitrogens with zero attached hydrogens (tertiary/aromatic N) is 2. The summed E-state index contributed by atoms with van der Waals surface area (Å²) in [6.45, 7) is 3.44. The standard InChI is InChI=1S/C25H37N3/c1-20(24-18-11-19-28(24)27-23-16-9-4-10-17-23)25(21-12-5-2-6-13-21)26-22-14-7-3-8-15-22/h2,5-6,12-13,22-23,27H,3-4,7-11,14-19H2,1H3. The van der Waals surface area contributed by atoms with Gasteiger partial charge in [0.05, 0.1) is 11.8 Å². The molecule has 3 fully saturated rings. The molecule has 3 aliphatic rings. The fourth-order valence-corrected chi connectivity index (χ4v) is 5.17. The molecule has 0 unspecified atom stereocenters. The lowest BCUT2D eigenvalue weighted by molar-refractivity contribution is 0.201. The van der Waals surface area contributed by atoms with Gasteiger partial charge in [-0.1, -0.05) is 68.9 Å². The fraction of sp³-hybridized carbons (Fsp3) is 0.640. The second-order valence-electron chi connectivity index (χ2n) is 8.93. The largest absolute Gasteiger partial charge is 0.312 e. The molecule has 1 heterocycles. The molecule has 1 N–H and O–H groups in total. The Kier molecular flexibility index (Phi) is 6.85. The first-order valence-corrected chi connectivity index (χ1v) is 11.7. The van der Waals surface area contributed by atoms with Gasteiger partial charge in [-0.15, -0.1) is 0 Å². The summed E-state index contributed by atoms with van der Waals surface area (Å²) in [4.78, 5) is 5.34. The molecule has 0 bridgehead atoms. The molecule has 3 heteroatoms. The van der Waals surface area contributed by atoms with Crippen LogP contribution in [0.25, 0.3) is 0 Å². The predicted molar refractivity (Wildman–Crippen MR) is 119 cm³/mol. The highest BCUT2D eigenvalue weighted by atomic mass is 15.5. The first-order chi connectivity index (χ1) is 13.8. The lowest BCUT2D eigenvalue weighted by atomic mass is 9.94. The van der Waals surface area contributed by atoms with Gasteiger partial charge in [-0.2, -0.15) is 0 Å². The van der Waals surface area contributed by atoms with E-state index < -0.39 is 0 Å². The van der Waals surface area contributed by atoms with Crippen LogP contribution in [0.3, 0.4) is 0 Å². The highest BCUT2D eigenvalue weighted by Crippen LogP contribution is 2.29. The zero-order valence-electron chi connectivity index (χ0n) is 17.6. The molecular formula is C25H37N3. The third kappa shape index (κ3) is 4.86. The van der Waals surface area contributed by atoms with Crippen LogP contribution in [-0.4, -0.2) is 29.3 Å². The number of nitrogens with one attached hydrogen (secondary N) is 1. The minimum atomic E-state index is 0.501. The quantitative estimate of drug-likeness (QED) is 0.634. The predicted octanol–water partition coefficient (Wildman–Crippen LogP) is 6.02. The van der Waals surface area contributed by atoms with Gasteiger partial charge in [-0.25, -0.2) is 5.43 Å². The van der Waals surface area contributed by atoms with Gasteiger partial charge in [0, 0.05) is 18.3 Å². The van der Waals surface area contributed by atoms with E-state index in [4.69, 9.17) is 4.99 Å². The van der Waals surface area contributed by atoms with Crippen molar-refractivity contribution in [3.05, 3.63) is 47.2 Å². The van der Waals surface area contributed by atoms with Crippen LogP contribution < -0.4 is 5.43 Å². The Morgan fingerprint density at radius 3 is 2.29 bits per heavy atom. The number of hydrogen-bond donors (Lipinski definition) is 1. The van der Waals surface area contributed by atoms with Crippen molar-refractivity contribution in [3.63, 3.8) is 0 Å². The SMILES string of the molecule is CC(C(=NC1CCCCC1)c1ccccc1)=C1CCCN1NC1CCCCC1. The van der Waals surface area contributed by atoms with Crippen LogP contribution in [0.4, 0.5) is 0 Å². The van der Waals surface area contributed by atoms with E-state index in [0.29, 0.717) is 12.1 Å². The van der Waals surface area contributed by atoms with Gasteiger partial charge in [0.25, 0.3) is 0 Å². The molecule has 1 aliphatic heterocycles. The number of allylic oxidation sites excluding steroid dienone is 2. The van der Waals surface area contributed by atoms with E-state index in [1.807, 2.05) is 0 Å². The summed E-state index contributed by atoms with van der Waals surface area (Å²) in [5.74, 6) is 0. The minimum absolute atomic E-state index is 0.501. The second kappa shape index (κ2) is 9.73. The van der Waals surface area contributed by atoms with Gasteiger partial charge in [0.2, 0.25) is 0 Å². The summed E-state index contributed by atoms with van der Waals surface area (Å²) < 4.78 is 0. The first kappa shape index (κ1) is 19.7. The number of benzene rings is 1. The minimum Gasteiger partial charge on any atom is -0.312 e. The number of rotatable bonds is 5. The third-order valence-corrected chi connectivity index (χ3v) is 6.79. The average Bonchev–Trinajstić information content (AvgIpc) is 3.22. The van der Waals surface area contributed by atoms with Crippen LogP contribution in [0, 0.1) is 0 Å². The van der Waals surface area contributed by atoms with Crippen LogP contribution in [0.5, 0.6) is 0 Å². The van der Waals surface area contributed by atoms with E-state index in [1.165, 1.54) is 99.6 Å². The zero-order chi connectivity index (χ0) is 19.2. The van der Waals surface area contributed by atoms with Gasteiger partial charge in [-0.3, -0.25) is 4.99 Å². The Morgan fingerprint density at radius 2 is 1.57 bits per heavy atom. The van der Waals surface area contributed by atoms with Crippen molar-refractivity contribution in [1.29, 1.82) is 0 Å². The molecule has 4 rings (SSSR count). The zero-order valence-corrected chi connectivity index (χ0v) is 17.6. The molecule has 2 saturated carbocycles. The monoisotopic (exact) mass is 379 g/mol. The molecule has 1 saturated heterocycles. The van der Waals surface area contributed by atoms with E-state index in [-0.39, 0.29) is 0 Å².